The van der Waals surface area contributed by atoms with Crippen LogP contribution >= 0.6 is 0 Å². The van der Waals surface area contributed by atoms with Crippen LogP contribution in [0.4, 0.5) is 9.18 Å². The van der Waals surface area contributed by atoms with Crippen LogP contribution in [0, 0.1) is 24.6 Å². The van der Waals surface area contributed by atoms with Crippen LogP contribution in [0.3, 0.4) is 0 Å². The lowest BCUT2D eigenvalue weighted by Crippen LogP contribution is -2.43. The van der Waals surface area contributed by atoms with Gasteiger partial charge in [0.2, 0.25) is 0 Å². The van der Waals surface area contributed by atoms with E-state index in [-0.39, 0.29) is 11.9 Å². The van der Waals surface area contributed by atoms with Crippen LogP contribution in [0.15, 0.2) is 36.8 Å². The van der Waals surface area contributed by atoms with Gasteiger partial charge < -0.3 is 19.1 Å². The van der Waals surface area contributed by atoms with Crippen LogP contribution in [-0.4, -0.2) is 81.8 Å². The van der Waals surface area contributed by atoms with Crippen LogP contribution < -0.4 is 0 Å². The average molecular weight is 592 g/mol. The fourth-order valence-corrected chi connectivity index (χ4v) is 6.71. The zero-order valence-electron chi connectivity index (χ0n) is 27.2. The number of amides is 1. The number of ether oxygens (including phenoxy) is 1. The number of halogens is 1. The Morgan fingerprint density at radius 3 is 2.51 bits per heavy atom. The van der Waals surface area contributed by atoms with Crippen molar-refractivity contribution in [3.05, 3.63) is 59.3 Å². The normalized spacial score (nSPS) is 18.8. The summed E-state index contributed by atoms with van der Waals surface area (Å²) < 4.78 is 22.2. The second-order valence-corrected chi connectivity index (χ2v) is 14.2. The summed E-state index contributed by atoms with van der Waals surface area (Å²) in [4.78, 5) is 23.8. The summed E-state index contributed by atoms with van der Waals surface area (Å²) in [6, 6.07) is 5.52. The summed E-state index contributed by atoms with van der Waals surface area (Å²) in [6.45, 7) is 17.8. The predicted octanol–water partition coefficient (Wildman–Crippen LogP) is 6.82. The van der Waals surface area contributed by atoms with Crippen molar-refractivity contribution >= 4 is 17.0 Å². The average Bonchev–Trinajstić information content (AvgIpc) is 3.53. The van der Waals surface area contributed by atoms with Crippen molar-refractivity contribution in [3.63, 3.8) is 0 Å². The molecule has 7 nitrogen and oxygen atoms in total. The predicted molar refractivity (Wildman–Crippen MR) is 171 cm³/mol. The van der Waals surface area contributed by atoms with E-state index in [0.717, 1.165) is 68.8 Å². The first kappa shape index (κ1) is 31.5. The second kappa shape index (κ2) is 12.9. The molecular weight excluding hydrogens is 541 g/mol. The van der Waals surface area contributed by atoms with E-state index < -0.39 is 5.60 Å². The van der Waals surface area contributed by atoms with Gasteiger partial charge in [0.1, 0.15) is 11.4 Å². The summed E-state index contributed by atoms with van der Waals surface area (Å²) in [7, 11) is 2.08. The quantitative estimate of drug-likeness (QED) is 0.288. The van der Waals surface area contributed by atoms with E-state index in [4.69, 9.17) is 4.74 Å². The van der Waals surface area contributed by atoms with E-state index in [9.17, 15) is 9.18 Å². The van der Waals surface area contributed by atoms with Gasteiger partial charge in [-0.05, 0) is 128 Å². The Balaban J connectivity index is 1.27. The molecule has 0 N–H and O–H groups in total. The van der Waals surface area contributed by atoms with E-state index in [1.165, 1.54) is 22.9 Å². The van der Waals surface area contributed by atoms with E-state index in [2.05, 4.69) is 53.4 Å². The minimum absolute atomic E-state index is 0.184. The number of aromatic nitrogens is 2. The number of aryl methyl sites for hydroxylation is 1. The number of nitrogens with zero attached hydrogens (tertiary/aromatic N) is 5. The lowest BCUT2D eigenvalue weighted by atomic mass is 9.96. The Morgan fingerprint density at radius 1 is 1.09 bits per heavy atom. The maximum Gasteiger partial charge on any atom is 0.410 e. The van der Waals surface area contributed by atoms with Crippen molar-refractivity contribution in [2.24, 2.45) is 11.8 Å². The molecule has 2 aliphatic heterocycles. The minimum atomic E-state index is -0.453. The first-order valence-corrected chi connectivity index (χ1v) is 16.0. The van der Waals surface area contributed by atoms with E-state index in [1.807, 2.05) is 44.1 Å². The lowest BCUT2D eigenvalue weighted by Gasteiger charge is -2.34. The Kier molecular flexibility index (Phi) is 9.47. The van der Waals surface area contributed by atoms with Crippen molar-refractivity contribution in [2.45, 2.75) is 85.4 Å². The third kappa shape index (κ3) is 7.58. The molecule has 0 bridgehead atoms. The standard InChI is InChI=1S/C35H50FN5O2/c1-24(2)38(7)22-28-17-30(36)8-9-31(28)41-23-29(33-25(3)18-37-19-32(33)41)16-27-10-13-39(21-27)20-26-11-14-40(15-12-26)34(42)43-35(4,5)6/h8-9,17-19,23-24,26-27H,10-16,20-22H2,1-7H3/t27-/m0/s1. The van der Waals surface area contributed by atoms with Crippen LogP contribution in [0.5, 0.6) is 0 Å². The Hall–Kier alpha value is -2.97. The first-order chi connectivity index (χ1) is 20.4. The number of carbonyl (C=O) groups is 1. The lowest BCUT2D eigenvalue weighted by molar-refractivity contribution is 0.0172. The molecule has 2 saturated heterocycles. The summed E-state index contributed by atoms with van der Waals surface area (Å²) >= 11 is 0. The topological polar surface area (TPSA) is 53.8 Å². The molecule has 234 valence electrons. The second-order valence-electron chi connectivity index (χ2n) is 14.2. The fraction of sp³-hybridized carbons (Fsp3) is 0.600. The smallest absolute Gasteiger partial charge is 0.410 e. The molecule has 2 aliphatic rings. The SMILES string of the molecule is Cc1cncc2c1c(C[C@@H]1CCN(CC3CCN(C(=O)OC(C)(C)C)CC3)C1)cn2-c1ccc(F)cc1CN(C)C(C)C. The van der Waals surface area contributed by atoms with Gasteiger partial charge in [-0.3, -0.25) is 9.88 Å². The molecule has 1 atom stereocenters. The summed E-state index contributed by atoms with van der Waals surface area (Å²) in [5, 5.41) is 1.27. The Bertz CT molecular complexity index is 1420. The molecule has 1 amide bonds. The molecule has 0 unspecified atom stereocenters. The highest BCUT2D eigenvalue weighted by Crippen LogP contribution is 2.33. The first-order valence-electron chi connectivity index (χ1n) is 16.0. The molecule has 2 aromatic heterocycles. The summed E-state index contributed by atoms with van der Waals surface area (Å²) in [5.74, 6) is 1.00. The van der Waals surface area contributed by atoms with Crippen molar-refractivity contribution < 1.29 is 13.9 Å². The highest BCUT2D eigenvalue weighted by Gasteiger charge is 2.30. The maximum absolute atomic E-state index is 14.4. The monoisotopic (exact) mass is 591 g/mol. The van der Waals surface area contributed by atoms with Crippen molar-refractivity contribution in [2.75, 3.05) is 39.8 Å². The number of benzene rings is 1. The third-order valence-electron chi connectivity index (χ3n) is 9.24. The third-order valence-corrected chi connectivity index (χ3v) is 9.24. The van der Waals surface area contributed by atoms with Crippen molar-refractivity contribution in [1.29, 1.82) is 0 Å². The summed E-state index contributed by atoms with van der Waals surface area (Å²) in [5.41, 5.74) is 5.16. The molecule has 3 aromatic rings. The van der Waals surface area contributed by atoms with Crippen LogP contribution in [0.1, 0.15) is 70.6 Å². The maximum atomic E-state index is 14.4. The van der Waals surface area contributed by atoms with Gasteiger partial charge in [-0.15, -0.1) is 0 Å². The number of rotatable bonds is 8. The molecule has 43 heavy (non-hydrogen) atoms. The molecule has 0 aliphatic carbocycles. The van der Waals surface area contributed by atoms with Gasteiger partial charge in [0.05, 0.1) is 17.4 Å². The Labute approximate surface area is 257 Å². The number of likely N-dealkylation sites (tertiary alicyclic amines) is 2. The molecule has 1 aromatic carbocycles. The number of pyridine rings is 1. The van der Waals surface area contributed by atoms with Gasteiger partial charge in [-0.1, -0.05) is 0 Å². The van der Waals surface area contributed by atoms with Gasteiger partial charge in [-0.25, -0.2) is 9.18 Å². The zero-order chi connectivity index (χ0) is 30.9. The molecular formula is C35H50FN5O2. The highest BCUT2D eigenvalue weighted by molar-refractivity contribution is 5.88. The highest BCUT2D eigenvalue weighted by atomic mass is 19.1. The van der Waals surface area contributed by atoms with Crippen molar-refractivity contribution in [3.8, 4) is 5.69 Å². The number of hydrogen-bond acceptors (Lipinski definition) is 5. The van der Waals surface area contributed by atoms with Crippen LogP contribution in [0.25, 0.3) is 16.6 Å². The number of piperidine rings is 1. The van der Waals surface area contributed by atoms with Crippen LogP contribution in [0.2, 0.25) is 0 Å². The van der Waals surface area contributed by atoms with E-state index >= 15 is 0 Å². The van der Waals surface area contributed by atoms with Gasteiger partial charge in [0.25, 0.3) is 0 Å². The largest absolute Gasteiger partial charge is 0.444 e. The van der Waals surface area contributed by atoms with Gasteiger partial charge in [0, 0.05) is 56.5 Å². The van der Waals surface area contributed by atoms with Gasteiger partial charge >= 0.3 is 6.09 Å². The molecule has 4 heterocycles. The molecule has 0 spiro atoms. The van der Waals surface area contributed by atoms with Gasteiger partial charge in [-0.2, -0.15) is 0 Å². The number of carbonyl (C=O) groups excluding carboxylic acids is 1. The fourth-order valence-electron chi connectivity index (χ4n) is 6.71. The molecule has 0 radical (unpaired) electrons. The molecule has 5 rings (SSSR count). The number of hydrogen-bond donors (Lipinski definition) is 0. The van der Waals surface area contributed by atoms with Gasteiger partial charge in [0.15, 0.2) is 0 Å². The molecule has 2 fully saturated rings. The summed E-state index contributed by atoms with van der Waals surface area (Å²) in [6.07, 6.45) is 10.3. The zero-order valence-corrected chi connectivity index (χ0v) is 27.2. The van der Waals surface area contributed by atoms with Crippen molar-refractivity contribution in [1.82, 2.24) is 24.3 Å². The van der Waals surface area contributed by atoms with Crippen LogP contribution in [-0.2, 0) is 17.7 Å². The van der Waals surface area contributed by atoms with E-state index in [0.29, 0.717) is 24.4 Å². The Morgan fingerprint density at radius 2 is 1.81 bits per heavy atom. The minimum Gasteiger partial charge on any atom is -0.444 e. The van der Waals surface area contributed by atoms with E-state index in [1.54, 1.807) is 12.1 Å². The number of fused-ring (bicyclic) bond motifs is 1. The molecule has 8 heteroatoms. The molecule has 0 saturated carbocycles.